The normalized spacial score (nSPS) is 13.3. The van der Waals surface area contributed by atoms with E-state index in [1.54, 1.807) is 21.1 Å². The van der Waals surface area contributed by atoms with Crippen LogP contribution in [0.15, 0.2) is 48.6 Å². The van der Waals surface area contributed by atoms with Crippen molar-refractivity contribution in [3.05, 3.63) is 48.6 Å². The van der Waals surface area contributed by atoms with Crippen LogP contribution in [0.25, 0.3) is 0 Å². The van der Waals surface area contributed by atoms with Crippen molar-refractivity contribution in [3.63, 3.8) is 0 Å². The van der Waals surface area contributed by atoms with Crippen LogP contribution in [-0.4, -0.2) is 75.5 Å². The third kappa shape index (κ3) is 40.7. The van der Waals surface area contributed by atoms with E-state index in [1.807, 2.05) is 0 Å². The highest BCUT2D eigenvalue weighted by atomic mass is 16.6. The largest absolute Gasteiger partial charge is 0.544 e. The zero-order chi connectivity index (χ0) is 44.2. The number of allylic oxidation sites excluding steroid dienone is 8. The molecule has 2 unspecified atom stereocenters. The van der Waals surface area contributed by atoms with Gasteiger partial charge in [0, 0.05) is 19.3 Å². The maximum atomic E-state index is 12.8. The number of carboxylic acid groups (broad SMARTS) is 1. The number of unbranched alkanes of at least 4 members (excludes halogenated alkanes) is 24. The summed E-state index contributed by atoms with van der Waals surface area (Å²) < 4.78 is 17.2. The molecule has 0 radical (unpaired) electrons. The van der Waals surface area contributed by atoms with E-state index in [4.69, 9.17) is 14.2 Å². The number of rotatable bonds is 44. The Balaban J connectivity index is 4.34. The monoisotopic (exact) mass is 844 g/mol. The molecule has 2 atom stereocenters. The Labute approximate surface area is 369 Å². The number of likely N-dealkylation sites (N-methyl/N-ethyl adjacent to an activating group) is 1. The summed E-state index contributed by atoms with van der Waals surface area (Å²) in [6.07, 6.45) is 51.3. The van der Waals surface area contributed by atoms with Crippen molar-refractivity contribution in [2.45, 2.75) is 225 Å². The molecule has 348 valence electrons. The summed E-state index contributed by atoms with van der Waals surface area (Å²) in [6, 6.07) is -0.731. The molecule has 0 aliphatic rings. The number of hydrogen-bond acceptors (Lipinski definition) is 7. The first-order valence-corrected chi connectivity index (χ1v) is 24.7. The fourth-order valence-corrected chi connectivity index (χ4v) is 7.13. The number of ether oxygens (including phenoxy) is 3. The zero-order valence-corrected chi connectivity index (χ0v) is 39.6. The lowest BCUT2D eigenvalue weighted by Crippen LogP contribution is -2.55. The van der Waals surface area contributed by atoms with Crippen LogP contribution in [0, 0.1) is 0 Å². The highest BCUT2D eigenvalue weighted by molar-refractivity contribution is 5.70. The maximum Gasteiger partial charge on any atom is 0.306 e. The molecule has 0 aromatic heterocycles. The summed E-state index contributed by atoms with van der Waals surface area (Å²) in [5.41, 5.74) is 0. The minimum atomic E-state index is -1.13. The molecular formula is C52H93NO7. The van der Waals surface area contributed by atoms with Crippen molar-refractivity contribution in [1.29, 1.82) is 0 Å². The second kappa shape index (κ2) is 43.0. The molecule has 0 fully saturated rings. The molecule has 0 aromatic rings. The molecule has 0 heterocycles. The van der Waals surface area contributed by atoms with E-state index < -0.39 is 18.1 Å². The topological polar surface area (TPSA) is 102 Å². The Morgan fingerprint density at radius 2 is 0.900 bits per heavy atom. The fourth-order valence-electron chi connectivity index (χ4n) is 7.13. The first kappa shape index (κ1) is 57.3. The van der Waals surface area contributed by atoms with Gasteiger partial charge in [-0.15, -0.1) is 0 Å². The average Bonchev–Trinajstić information content (AvgIpc) is 3.21. The van der Waals surface area contributed by atoms with Crippen molar-refractivity contribution in [3.8, 4) is 0 Å². The lowest BCUT2D eigenvalue weighted by molar-refractivity contribution is -0.889. The van der Waals surface area contributed by atoms with Gasteiger partial charge >= 0.3 is 11.9 Å². The number of aliphatic carboxylic acids is 1. The minimum absolute atomic E-state index is 0.0305. The Kier molecular flexibility index (Phi) is 41.0. The van der Waals surface area contributed by atoms with Crippen LogP contribution in [0.4, 0.5) is 0 Å². The van der Waals surface area contributed by atoms with Gasteiger partial charge in [-0.25, -0.2) is 0 Å². The highest BCUT2D eigenvalue weighted by Gasteiger charge is 2.25. The first-order chi connectivity index (χ1) is 29.1. The van der Waals surface area contributed by atoms with Crippen LogP contribution >= 0.6 is 0 Å². The minimum Gasteiger partial charge on any atom is -0.544 e. The Hall–Kier alpha value is -2.71. The molecule has 0 bridgehead atoms. The first-order valence-electron chi connectivity index (χ1n) is 24.7. The van der Waals surface area contributed by atoms with E-state index in [-0.39, 0.29) is 42.7 Å². The van der Waals surface area contributed by atoms with Gasteiger partial charge in [-0.2, -0.15) is 0 Å². The smallest absolute Gasteiger partial charge is 0.306 e. The van der Waals surface area contributed by atoms with Crippen molar-refractivity contribution in [2.75, 3.05) is 41.0 Å². The standard InChI is InChI=1S/C52H93NO7/c1-6-8-10-12-14-16-18-20-22-24-26-28-30-32-34-36-38-40-42-50(54)59-47-48(46-58-45-44-49(52(56)57)53(3,4)5)60-51(55)43-41-39-37-35-33-31-29-27-25-23-21-19-17-15-13-11-9-7-2/h18,20,22,24,26-29,48-49H,6-17,19,21,23,25,30-47H2,1-5H3/b20-18+,24-22+,28-26+,29-27+. The average molecular weight is 844 g/mol. The van der Waals surface area contributed by atoms with Crippen LogP contribution < -0.4 is 5.11 Å². The molecule has 0 saturated heterocycles. The summed E-state index contributed by atoms with van der Waals surface area (Å²) in [4.78, 5) is 37.0. The number of carbonyl (C=O) groups is 3. The van der Waals surface area contributed by atoms with E-state index in [0.717, 1.165) is 77.0 Å². The molecule has 0 N–H and O–H groups in total. The van der Waals surface area contributed by atoms with Gasteiger partial charge < -0.3 is 28.6 Å². The van der Waals surface area contributed by atoms with Crippen LogP contribution in [0.2, 0.25) is 0 Å². The number of carbonyl (C=O) groups excluding carboxylic acids is 3. The van der Waals surface area contributed by atoms with Crippen molar-refractivity contribution < 1.29 is 38.2 Å². The Bertz CT molecular complexity index is 1120. The quantitative estimate of drug-likeness (QED) is 0.0198. The van der Waals surface area contributed by atoms with Gasteiger partial charge in [0.25, 0.3) is 0 Å². The molecular weight excluding hydrogens is 751 g/mol. The summed E-state index contributed by atoms with van der Waals surface area (Å²) in [7, 11) is 5.40. The van der Waals surface area contributed by atoms with Crippen molar-refractivity contribution in [2.24, 2.45) is 0 Å². The number of nitrogens with zero attached hydrogens (tertiary/aromatic N) is 1. The Morgan fingerprint density at radius 1 is 0.500 bits per heavy atom. The lowest BCUT2D eigenvalue weighted by Gasteiger charge is -2.34. The highest BCUT2D eigenvalue weighted by Crippen LogP contribution is 2.14. The van der Waals surface area contributed by atoms with Gasteiger partial charge in [-0.1, -0.05) is 178 Å². The van der Waals surface area contributed by atoms with Gasteiger partial charge in [-0.3, -0.25) is 9.59 Å². The second-order valence-electron chi connectivity index (χ2n) is 17.8. The number of carboxylic acids is 1. The molecule has 0 amide bonds. The molecule has 8 nitrogen and oxygen atoms in total. The molecule has 0 aliphatic heterocycles. The zero-order valence-electron chi connectivity index (χ0n) is 39.6. The van der Waals surface area contributed by atoms with E-state index in [2.05, 4.69) is 62.5 Å². The summed E-state index contributed by atoms with van der Waals surface area (Å²) in [5, 5.41) is 11.6. The van der Waals surface area contributed by atoms with Gasteiger partial charge in [0.2, 0.25) is 0 Å². The van der Waals surface area contributed by atoms with Crippen LogP contribution in [-0.2, 0) is 28.6 Å². The van der Waals surface area contributed by atoms with Gasteiger partial charge in [0.15, 0.2) is 6.10 Å². The predicted molar refractivity (Wildman–Crippen MR) is 250 cm³/mol. The molecule has 0 aliphatic carbocycles. The van der Waals surface area contributed by atoms with Crippen molar-refractivity contribution in [1.82, 2.24) is 0 Å². The van der Waals surface area contributed by atoms with Crippen molar-refractivity contribution >= 4 is 17.9 Å². The SMILES string of the molecule is CCCCCCC/C=C/C=C/C=C/CCCCCCCC(=O)OCC(COCCC(C(=O)[O-])[N+](C)(C)C)OC(=O)CCCCCCC/C=C/CCCCCCCCCCC. The fraction of sp³-hybridized carbons (Fsp3) is 0.788. The van der Waals surface area contributed by atoms with Gasteiger partial charge in [0.1, 0.15) is 12.6 Å². The number of esters is 2. The second-order valence-corrected chi connectivity index (χ2v) is 17.8. The lowest BCUT2D eigenvalue weighted by atomic mass is 10.1. The van der Waals surface area contributed by atoms with Gasteiger partial charge in [0.05, 0.1) is 40.3 Å². The third-order valence-corrected chi connectivity index (χ3v) is 11.0. The molecule has 0 saturated carbocycles. The maximum absolute atomic E-state index is 12.8. The van der Waals surface area contributed by atoms with E-state index in [1.165, 1.54) is 103 Å². The molecule has 0 aromatic carbocycles. The molecule has 0 spiro atoms. The van der Waals surface area contributed by atoms with Crippen LogP contribution in [0.1, 0.15) is 213 Å². The van der Waals surface area contributed by atoms with Gasteiger partial charge in [-0.05, 0) is 64.2 Å². The Morgan fingerprint density at radius 3 is 1.33 bits per heavy atom. The predicted octanol–water partition coefficient (Wildman–Crippen LogP) is 12.6. The summed E-state index contributed by atoms with van der Waals surface area (Å²) in [5.74, 6) is -1.77. The third-order valence-electron chi connectivity index (χ3n) is 11.0. The number of quaternary nitrogens is 1. The summed E-state index contributed by atoms with van der Waals surface area (Å²) >= 11 is 0. The van der Waals surface area contributed by atoms with E-state index in [0.29, 0.717) is 12.8 Å². The molecule has 60 heavy (non-hydrogen) atoms. The van der Waals surface area contributed by atoms with Crippen LogP contribution in [0.5, 0.6) is 0 Å². The van der Waals surface area contributed by atoms with E-state index >= 15 is 0 Å². The van der Waals surface area contributed by atoms with Crippen LogP contribution in [0.3, 0.4) is 0 Å². The number of hydrogen-bond donors (Lipinski definition) is 0. The van der Waals surface area contributed by atoms with E-state index in [9.17, 15) is 19.5 Å². The molecule has 8 heteroatoms. The summed E-state index contributed by atoms with van der Waals surface area (Å²) in [6.45, 7) is 4.63. The molecule has 0 rings (SSSR count).